The zero-order valence-corrected chi connectivity index (χ0v) is 14.0. The summed E-state index contributed by atoms with van der Waals surface area (Å²) < 4.78 is 5.33. The molecule has 0 aliphatic heterocycles. The van der Waals surface area contributed by atoms with Crippen LogP contribution in [0.3, 0.4) is 0 Å². The van der Waals surface area contributed by atoms with Crippen molar-refractivity contribution in [1.29, 1.82) is 0 Å². The summed E-state index contributed by atoms with van der Waals surface area (Å²) in [7, 11) is 1.64. The molecule has 122 valence electrons. The van der Waals surface area contributed by atoms with Crippen LogP contribution in [-0.2, 0) is 16.0 Å². The van der Waals surface area contributed by atoms with Gasteiger partial charge in [0, 0.05) is 13.5 Å². The van der Waals surface area contributed by atoms with Crippen LogP contribution in [0.5, 0.6) is 5.75 Å². The quantitative estimate of drug-likeness (QED) is 0.807. The Balaban J connectivity index is 2.60. The number of amides is 2. The first-order valence-corrected chi connectivity index (χ1v) is 7.53. The van der Waals surface area contributed by atoms with E-state index in [1.165, 1.54) is 6.92 Å². The fourth-order valence-electron chi connectivity index (χ4n) is 2.29. The summed E-state index contributed by atoms with van der Waals surface area (Å²) in [4.78, 5) is 23.3. The lowest BCUT2D eigenvalue weighted by Gasteiger charge is -2.21. The number of hydrogen-bond donors (Lipinski definition) is 2. The monoisotopic (exact) mass is 306 g/mol. The van der Waals surface area contributed by atoms with Crippen molar-refractivity contribution in [2.24, 2.45) is 5.92 Å². The van der Waals surface area contributed by atoms with E-state index in [9.17, 15) is 9.59 Å². The molecule has 2 N–H and O–H groups in total. The number of nitrogens with one attached hydrogen (secondary N) is 2. The molecule has 22 heavy (non-hydrogen) atoms. The van der Waals surface area contributed by atoms with Crippen LogP contribution >= 0.6 is 0 Å². The molecule has 1 aromatic rings. The summed E-state index contributed by atoms with van der Waals surface area (Å²) in [5.74, 6) is 0.505. The molecule has 1 unspecified atom stereocenters. The van der Waals surface area contributed by atoms with E-state index >= 15 is 0 Å². The van der Waals surface area contributed by atoms with Crippen molar-refractivity contribution in [2.75, 3.05) is 13.7 Å². The predicted molar refractivity (Wildman–Crippen MR) is 86.9 cm³/mol. The Labute approximate surface area is 132 Å². The fourth-order valence-corrected chi connectivity index (χ4v) is 2.29. The van der Waals surface area contributed by atoms with Gasteiger partial charge in [0.1, 0.15) is 11.8 Å². The predicted octanol–water partition coefficient (Wildman–Crippen LogP) is 1.82. The maximum atomic E-state index is 12.2. The lowest BCUT2D eigenvalue weighted by atomic mass is 10.0. The molecule has 0 heterocycles. The molecule has 1 rings (SSSR count). The van der Waals surface area contributed by atoms with Crippen LogP contribution in [0.25, 0.3) is 0 Å². The Morgan fingerprint density at radius 2 is 1.95 bits per heavy atom. The summed E-state index contributed by atoms with van der Waals surface area (Å²) >= 11 is 0. The van der Waals surface area contributed by atoms with Gasteiger partial charge in [-0.3, -0.25) is 9.59 Å². The number of carbonyl (C=O) groups is 2. The molecule has 0 radical (unpaired) electrons. The van der Waals surface area contributed by atoms with Gasteiger partial charge in [0.05, 0.1) is 7.11 Å². The average Bonchev–Trinajstić information content (AvgIpc) is 2.44. The summed E-state index contributed by atoms with van der Waals surface area (Å²) in [6.07, 6.45) is 0.682. The smallest absolute Gasteiger partial charge is 0.242 e. The van der Waals surface area contributed by atoms with Crippen molar-refractivity contribution in [3.05, 3.63) is 29.3 Å². The van der Waals surface area contributed by atoms with Crippen LogP contribution < -0.4 is 15.4 Å². The van der Waals surface area contributed by atoms with Crippen molar-refractivity contribution < 1.29 is 14.3 Å². The van der Waals surface area contributed by atoms with Crippen LogP contribution in [0.1, 0.15) is 31.9 Å². The second-order valence-electron chi connectivity index (χ2n) is 5.78. The standard InChI is InChI=1S/C17H26N2O3/c1-11(2)16(19-13(4)20)17(21)18-9-8-14-10-12(3)6-7-15(14)22-5/h6-7,10-11,16H,8-9H2,1-5H3,(H,18,21)(H,19,20). The van der Waals surface area contributed by atoms with Crippen LogP contribution in [0.4, 0.5) is 0 Å². The number of benzene rings is 1. The van der Waals surface area contributed by atoms with E-state index in [2.05, 4.69) is 16.7 Å². The van der Waals surface area contributed by atoms with Crippen molar-refractivity contribution in [3.8, 4) is 5.75 Å². The van der Waals surface area contributed by atoms with Gasteiger partial charge in [0.15, 0.2) is 0 Å². The van der Waals surface area contributed by atoms with E-state index < -0.39 is 6.04 Å². The highest BCUT2D eigenvalue weighted by atomic mass is 16.5. The lowest BCUT2D eigenvalue weighted by molar-refractivity contribution is -0.129. The number of methoxy groups -OCH3 is 1. The van der Waals surface area contributed by atoms with Crippen LogP contribution in [0.15, 0.2) is 18.2 Å². The zero-order chi connectivity index (χ0) is 16.7. The molecular formula is C17H26N2O3. The van der Waals surface area contributed by atoms with Gasteiger partial charge in [-0.25, -0.2) is 0 Å². The first kappa shape index (κ1) is 18.0. The molecule has 0 aromatic heterocycles. The Morgan fingerprint density at radius 3 is 2.50 bits per heavy atom. The highest BCUT2D eigenvalue weighted by molar-refractivity contribution is 5.87. The highest BCUT2D eigenvalue weighted by Gasteiger charge is 2.22. The molecule has 0 spiro atoms. The lowest BCUT2D eigenvalue weighted by Crippen LogP contribution is -2.49. The van der Waals surface area contributed by atoms with Gasteiger partial charge in [-0.15, -0.1) is 0 Å². The topological polar surface area (TPSA) is 67.4 Å². The highest BCUT2D eigenvalue weighted by Crippen LogP contribution is 2.19. The van der Waals surface area contributed by atoms with Gasteiger partial charge in [0.25, 0.3) is 0 Å². The second kappa shape index (κ2) is 8.41. The molecule has 5 heteroatoms. The van der Waals surface area contributed by atoms with E-state index in [0.29, 0.717) is 13.0 Å². The molecule has 0 fully saturated rings. The van der Waals surface area contributed by atoms with Crippen LogP contribution in [-0.4, -0.2) is 31.5 Å². The average molecular weight is 306 g/mol. The largest absolute Gasteiger partial charge is 0.496 e. The molecule has 2 amide bonds. The van der Waals surface area contributed by atoms with E-state index in [1.807, 2.05) is 32.9 Å². The third kappa shape index (κ3) is 5.39. The Morgan fingerprint density at radius 1 is 1.27 bits per heavy atom. The van der Waals surface area contributed by atoms with Crippen molar-refractivity contribution in [1.82, 2.24) is 10.6 Å². The molecule has 1 aromatic carbocycles. The minimum Gasteiger partial charge on any atom is -0.496 e. The third-order valence-electron chi connectivity index (χ3n) is 3.44. The van der Waals surface area contributed by atoms with Crippen molar-refractivity contribution in [2.45, 2.75) is 40.2 Å². The Hall–Kier alpha value is -2.04. The minimum absolute atomic E-state index is 0.0393. The molecule has 0 saturated carbocycles. The first-order chi connectivity index (χ1) is 10.3. The maximum Gasteiger partial charge on any atom is 0.242 e. The van der Waals surface area contributed by atoms with Gasteiger partial charge < -0.3 is 15.4 Å². The number of aryl methyl sites for hydroxylation is 1. The normalized spacial score (nSPS) is 11.9. The first-order valence-electron chi connectivity index (χ1n) is 7.53. The number of carbonyl (C=O) groups excluding carboxylic acids is 2. The summed E-state index contributed by atoms with van der Waals surface area (Å²) in [5, 5.41) is 5.56. The van der Waals surface area contributed by atoms with Crippen molar-refractivity contribution >= 4 is 11.8 Å². The molecule has 0 saturated heterocycles. The van der Waals surface area contributed by atoms with E-state index in [4.69, 9.17) is 4.74 Å². The van der Waals surface area contributed by atoms with Gasteiger partial charge >= 0.3 is 0 Å². The number of ether oxygens (including phenoxy) is 1. The van der Waals surface area contributed by atoms with E-state index in [0.717, 1.165) is 16.9 Å². The SMILES string of the molecule is COc1ccc(C)cc1CCNC(=O)C(NC(C)=O)C(C)C. The molecule has 0 bridgehead atoms. The summed E-state index contributed by atoms with van der Waals surface area (Å²) in [6.45, 7) is 7.75. The third-order valence-corrected chi connectivity index (χ3v) is 3.44. The number of rotatable bonds is 7. The summed E-state index contributed by atoms with van der Waals surface area (Å²) in [5.41, 5.74) is 2.21. The van der Waals surface area contributed by atoms with Crippen LogP contribution in [0.2, 0.25) is 0 Å². The Bertz CT molecular complexity index is 527. The maximum absolute atomic E-state index is 12.2. The fraction of sp³-hybridized carbons (Fsp3) is 0.529. The van der Waals surface area contributed by atoms with E-state index in [1.54, 1.807) is 7.11 Å². The Kier molecular flexibility index (Phi) is 6.89. The minimum atomic E-state index is -0.503. The van der Waals surface area contributed by atoms with Gasteiger partial charge in [-0.05, 0) is 30.9 Å². The molecular weight excluding hydrogens is 280 g/mol. The summed E-state index contributed by atoms with van der Waals surface area (Å²) in [6, 6.07) is 5.48. The molecule has 0 aliphatic carbocycles. The molecule has 0 aliphatic rings. The van der Waals surface area contributed by atoms with Crippen LogP contribution in [0, 0.1) is 12.8 Å². The molecule has 1 atom stereocenters. The van der Waals surface area contributed by atoms with Crippen molar-refractivity contribution in [3.63, 3.8) is 0 Å². The van der Waals surface area contributed by atoms with Gasteiger partial charge in [0.2, 0.25) is 11.8 Å². The van der Waals surface area contributed by atoms with E-state index in [-0.39, 0.29) is 17.7 Å². The number of hydrogen-bond acceptors (Lipinski definition) is 3. The van der Waals surface area contributed by atoms with Gasteiger partial charge in [-0.2, -0.15) is 0 Å². The second-order valence-corrected chi connectivity index (χ2v) is 5.78. The molecule has 5 nitrogen and oxygen atoms in total. The van der Waals surface area contributed by atoms with Gasteiger partial charge in [-0.1, -0.05) is 31.5 Å². The zero-order valence-electron chi connectivity index (χ0n) is 14.0.